The van der Waals surface area contributed by atoms with Crippen molar-refractivity contribution in [1.82, 2.24) is 4.90 Å². The number of hydrogen-bond acceptors (Lipinski definition) is 2. The van der Waals surface area contributed by atoms with E-state index in [0.717, 1.165) is 31.5 Å². The average Bonchev–Trinajstić information content (AvgIpc) is 2.45. The van der Waals surface area contributed by atoms with Crippen molar-refractivity contribution in [1.29, 1.82) is 0 Å². The summed E-state index contributed by atoms with van der Waals surface area (Å²) in [6.45, 7) is 7.41. The molecule has 20 heavy (non-hydrogen) atoms. The number of benzene rings is 1. The number of nitrogens with zero attached hydrogens (tertiary/aromatic N) is 1. The van der Waals surface area contributed by atoms with Crippen molar-refractivity contribution in [2.75, 3.05) is 19.7 Å². The van der Waals surface area contributed by atoms with Gasteiger partial charge < -0.3 is 10.0 Å². The van der Waals surface area contributed by atoms with Crippen LogP contribution >= 0.6 is 0 Å². The van der Waals surface area contributed by atoms with E-state index in [9.17, 15) is 4.79 Å². The van der Waals surface area contributed by atoms with Crippen molar-refractivity contribution in [3.05, 3.63) is 34.9 Å². The van der Waals surface area contributed by atoms with E-state index in [1.54, 1.807) is 0 Å². The highest BCUT2D eigenvalue weighted by molar-refractivity contribution is 5.97. The number of hydrogen-bond donors (Lipinski definition) is 1. The maximum Gasteiger partial charge on any atom is 0.255 e. The van der Waals surface area contributed by atoms with Crippen LogP contribution in [0.1, 0.15) is 48.2 Å². The van der Waals surface area contributed by atoms with Crippen LogP contribution in [-0.4, -0.2) is 35.6 Å². The molecule has 3 heteroatoms. The zero-order chi connectivity index (χ0) is 15.0. The molecular weight excluding hydrogens is 250 g/mol. The zero-order valence-electron chi connectivity index (χ0n) is 12.6. The normalized spacial score (nSPS) is 9.80. The van der Waals surface area contributed by atoms with Gasteiger partial charge in [-0.15, -0.1) is 0 Å². The predicted octanol–water partition coefficient (Wildman–Crippen LogP) is 2.60. The summed E-state index contributed by atoms with van der Waals surface area (Å²) in [5.41, 5.74) is 2.36. The van der Waals surface area contributed by atoms with Crippen molar-refractivity contribution in [3.8, 4) is 11.8 Å². The molecule has 1 aromatic carbocycles. The van der Waals surface area contributed by atoms with Gasteiger partial charge in [-0.1, -0.05) is 37.3 Å². The summed E-state index contributed by atoms with van der Waals surface area (Å²) >= 11 is 0. The molecule has 0 heterocycles. The molecule has 1 N–H and O–H groups in total. The van der Waals surface area contributed by atoms with Crippen LogP contribution in [0.15, 0.2) is 18.2 Å². The van der Waals surface area contributed by atoms with Crippen LogP contribution in [0, 0.1) is 18.8 Å². The monoisotopic (exact) mass is 273 g/mol. The second-order valence-corrected chi connectivity index (χ2v) is 4.80. The number of aryl methyl sites for hydroxylation is 1. The molecule has 0 spiro atoms. The quantitative estimate of drug-likeness (QED) is 0.838. The van der Waals surface area contributed by atoms with Gasteiger partial charge in [0, 0.05) is 18.7 Å². The molecule has 0 bridgehead atoms. The first kappa shape index (κ1) is 16.3. The summed E-state index contributed by atoms with van der Waals surface area (Å²) in [7, 11) is 0. The van der Waals surface area contributed by atoms with E-state index in [1.165, 1.54) is 0 Å². The second kappa shape index (κ2) is 8.39. The number of aliphatic hydroxyl groups excluding tert-OH is 1. The standard InChI is InChI=1S/C17H23NO2/c1-4-10-18(11-5-2)17(20)16-13-14(3)8-9-15(16)7-6-12-19/h8-9,13,19H,4-5,10-12H2,1-3H3. The van der Waals surface area contributed by atoms with Crippen LogP contribution < -0.4 is 0 Å². The maximum atomic E-state index is 12.7. The van der Waals surface area contributed by atoms with Crippen molar-refractivity contribution < 1.29 is 9.90 Å². The molecule has 0 radical (unpaired) electrons. The Hall–Kier alpha value is -1.79. The molecule has 3 nitrogen and oxygen atoms in total. The lowest BCUT2D eigenvalue weighted by Gasteiger charge is -2.22. The van der Waals surface area contributed by atoms with E-state index in [-0.39, 0.29) is 12.5 Å². The van der Waals surface area contributed by atoms with E-state index in [1.807, 2.05) is 30.0 Å². The summed E-state index contributed by atoms with van der Waals surface area (Å²) in [5, 5.41) is 8.82. The number of carbonyl (C=O) groups is 1. The Labute approximate surface area is 121 Å². The molecular formula is C17H23NO2. The largest absolute Gasteiger partial charge is 0.384 e. The summed E-state index contributed by atoms with van der Waals surface area (Å²) in [6.07, 6.45) is 1.88. The van der Waals surface area contributed by atoms with Crippen LogP contribution in [0.25, 0.3) is 0 Å². The average molecular weight is 273 g/mol. The molecule has 0 saturated carbocycles. The molecule has 0 fully saturated rings. The molecule has 0 atom stereocenters. The minimum Gasteiger partial charge on any atom is -0.384 e. The first-order chi connectivity index (χ1) is 9.63. The van der Waals surface area contributed by atoms with Gasteiger partial charge in [0.25, 0.3) is 5.91 Å². The fourth-order valence-electron chi connectivity index (χ4n) is 2.10. The molecule has 0 unspecified atom stereocenters. The lowest BCUT2D eigenvalue weighted by atomic mass is 10.0. The Kier molecular flexibility index (Phi) is 6.83. The molecule has 0 aliphatic carbocycles. The molecule has 1 rings (SSSR count). The van der Waals surface area contributed by atoms with Gasteiger partial charge in [-0.05, 0) is 31.9 Å². The van der Waals surface area contributed by atoms with Crippen molar-refractivity contribution in [3.63, 3.8) is 0 Å². The first-order valence-corrected chi connectivity index (χ1v) is 7.13. The molecule has 108 valence electrons. The lowest BCUT2D eigenvalue weighted by Crippen LogP contribution is -2.33. The van der Waals surface area contributed by atoms with Gasteiger partial charge in [0.1, 0.15) is 6.61 Å². The molecule has 0 aliphatic heterocycles. The number of carbonyl (C=O) groups excluding carboxylic acids is 1. The number of amides is 1. The highest BCUT2D eigenvalue weighted by atomic mass is 16.2. The molecule has 0 aromatic heterocycles. The van der Waals surface area contributed by atoms with Gasteiger partial charge in [-0.25, -0.2) is 0 Å². The first-order valence-electron chi connectivity index (χ1n) is 7.13. The summed E-state index contributed by atoms with van der Waals surface area (Å²) < 4.78 is 0. The van der Waals surface area contributed by atoms with Crippen LogP contribution in [0.3, 0.4) is 0 Å². The third-order valence-electron chi connectivity index (χ3n) is 2.98. The topological polar surface area (TPSA) is 40.5 Å². The van der Waals surface area contributed by atoms with Crippen LogP contribution in [0.5, 0.6) is 0 Å². The third kappa shape index (κ3) is 4.40. The lowest BCUT2D eigenvalue weighted by molar-refractivity contribution is 0.0755. The Balaban J connectivity index is 3.14. The second-order valence-electron chi connectivity index (χ2n) is 4.80. The molecule has 0 aliphatic rings. The van der Waals surface area contributed by atoms with E-state index in [2.05, 4.69) is 25.7 Å². The smallest absolute Gasteiger partial charge is 0.255 e. The van der Waals surface area contributed by atoms with Crippen LogP contribution in [0.4, 0.5) is 0 Å². The zero-order valence-corrected chi connectivity index (χ0v) is 12.6. The van der Waals surface area contributed by atoms with E-state index >= 15 is 0 Å². The fourth-order valence-corrected chi connectivity index (χ4v) is 2.10. The predicted molar refractivity (Wildman–Crippen MR) is 81.6 cm³/mol. The summed E-state index contributed by atoms with van der Waals surface area (Å²) in [5.74, 6) is 5.51. The number of rotatable bonds is 5. The summed E-state index contributed by atoms with van der Waals surface area (Å²) in [4.78, 5) is 14.5. The summed E-state index contributed by atoms with van der Waals surface area (Å²) in [6, 6.07) is 5.66. The Morgan fingerprint density at radius 2 is 1.90 bits per heavy atom. The van der Waals surface area contributed by atoms with Crippen molar-refractivity contribution in [2.45, 2.75) is 33.6 Å². The minimum absolute atomic E-state index is 0.0274. The fraction of sp³-hybridized carbons (Fsp3) is 0.471. The maximum absolute atomic E-state index is 12.7. The van der Waals surface area contributed by atoms with E-state index < -0.39 is 0 Å². The van der Waals surface area contributed by atoms with E-state index in [4.69, 9.17) is 5.11 Å². The van der Waals surface area contributed by atoms with Gasteiger partial charge >= 0.3 is 0 Å². The van der Waals surface area contributed by atoms with E-state index in [0.29, 0.717) is 11.1 Å². The molecule has 1 aromatic rings. The Morgan fingerprint density at radius 3 is 2.45 bits per heavy atom. The highest BCUT2D eigenvalue weighted by Gasteiger charge is 2.17. The highest BCUT2D eigenvalue weighted by Crippen LogP contribution is 2.14. The molecule has 1 amide bonds. The van der Waals surface area contributed by atoms with Gasteiger partial charge in [0.05, 0.1) is 5.56 Å². The van der Waals surface area contributed by atoms with Gasteiger partial charge in [0.2, 0.25) is 0 Å². The van der Waals surface area contributed by atoms with Crippen molar-refractivity contribution in [2.24, 2.45) is 0 Å². The van der Waals surface area contributed by atoms with Crippen molar-refractivity contribution >= 4 is 5.91 Å². The Bertz CT molecular complexity index is 505. The van der Waals surface area contributed by atoms with Gasteiger partial charge in [-0.3, -0.25) is 4.79 Å². The van der Waals surface area contributed by atoms with Crippen LogP contribution in [0.2, 0.25) is 0 Å². The van der Waals surface area contributed by atoms with Gasteiger partial charge in [-0.2, -0.15) is 0 Å². The molecule has 0 saturated heterocycles. The van der Waals surface area contributed by atoms with Gasteiger partial charge in [0.15, 0.2) is 0 Å². The SMILES string of the molecule is CCCN(CCC)C(=O)c1cc(C)ccc1C#CCO. The third-order valence-corrected chi connectivity index (χ3v) is 2.98. The Morgan fingerprint density at radius 1 is 1.25 bits per heavy atom. The minimum atomic E-state index is -0.199. The van der Waals surface area contributed by atoms with Crippen LogP contribution in [-0.2, 0) is 0 Å². The number of aliphatic hydroxyl groups is 1.